The first-order valence-corrected chi connectivity index (χ1v) is 10.8. The molecule has 0 unspecified atom stereocenters. The summed E-state index contributed by atoms with van der Waals surface area (Å²) in [6.07, 6.45) is -11.3. The molecular weight excluding hydrogens is 417 g/mol. The van der Waals surface area contributed by atoms with Crippen LogP contribution in [0.1, 0.15) is 0 Å². The van der Waals surface area contributed by atoms with Crippen LogP contribution in [0.3, 0.4) is 0 Å². The Kier molecular flexibility index (Phi) is 7.50. The van der Waals surface area contributed by atoms with Gasteiger partial charge in [0, 0.05) is 5.92 Å². The van der Waals surface area contributed by atoms with E-state index in [0.717, 1.165) is 0 Å². The predicted molar refractivity (Wildman–Crippen MR) is 73.3 cm³/mol. The summed E-state index contributed by atoms with van der Waals surface area (Å²) in [6, 6.07) is 0. The van der Waals surface area contributed by atoms with Crippen LogP contribution in [0.4, 0.5) is 0 Å². The highest BCUT2D eigenvalue weighted by Crippen LogP contribution is 2.50. The van der Waals surface area contributed by atoms with Crippen molar-refractivity contribution >= 4 is 23.5 Å². The summed E-state index contributed by atoms with van der Waals surface area (Å²) in [5.74, 6) is -1.80. The number of phosphoric ester groups is 3. The predicted octanol–water partition coefficient (Wildman–Crippen LogP) is -3.24. The van der Waals surface area contributed by atoms with Gasteiger partial charge in [0.2, 0.25) is 0 Å². The first-order valence-electron chi connectivity index (χ1n) is 6.24. The minimum atomic E-state index is -5.41. The smallest absolute Gasteiger partial charge is 0.396 e. The Morgan fingerprint density at radius 1 is 0.640 bits per heavy atom. The third-order valence-corrected chi connectivity index (χ3v) is 4.74. The summed E-state index contributed by atoms with van der Waals surface area (Å²) in [4.78, 5) is 53.0. The van der Waals surface area contributed by atoms with E-state index in [1.54, 1.807) is 0 Å². The van der Waals surface area contributed by atoms with Gasteiger partial charge in [0.05, 0.1) is 12.7 Å². The third-order valence-electron chi connectivity index (χ3n) is 3.18. The molecule has 0 bridgehead atoms. The van der Waals surface area contributed by atoms with Gasteiger partial charge in [0.25, 0.3) is 0 Å². The van der Waals surface area contributed by atoms with Crippen molar-refractivity contribution < 1.29 is 71.9 Å². The SMILES string of the molecule is O=P(O)(O)O[C@H]1[C@H](O)[C@@H](CO)[C@H](OP(=O)(O)O)[C@@H](OP(=O)(O)O)[C@@H]1O. The van der Waals surface area contributed by atoms with E-state index in [0.29, 0.717) is 0 Å². The number of aliphatic hydroxyl groups is 3. The van der Waals surface area contributed by atoms with Gasteiger partial charge in [-0.05, 0) is 0 Å². The van der Waals surface area contributed by atoms with Gasteiger partial charge in [0.1, 0.15) is 24.4 Å². The second-order valence-electron chi connectivity index (χ2n) is 5.01. The van der Waals surface area contributed by atoms with Crippen LogP contribution in [-0.4, -0.2) is 81.8 Å². The van der Waals surface area contributed by atoms with Crippen molar-refractivity contribution in [3.63, 3.8) is 0 Å². The van der Waals surface area contributed by atoms with E-state index in [9.17, 15) is 29.0 Å². The summed E-state index contributed by atoms with van der Waals surface area (Å²) in [5.41, 5.74) is 0. The fourth-order valence-electron chi connectivity index (χ4n) is 2.34. The highest BCUT2D eigenvalue weighted by Gasteiger charge is 2.56. The van der Waals surface area contributed by atoms with Crippen LogP contribution in [0.25, 0.3) is 0 Å². The van der Waals surface area contributed by atoms with Crippen LogP contribution in [0.5, 0.6) is 0 Å². The summed E-state index contributed by atoms with van der Waals surface area (Å²) in [7, 11) is -16.1. The Bertz CT molecular complexity index is 590. The first kappa shape index (κ1) is 23.2. The van der Waals surface area contributed by atoms with E-state index >= 15 is 0 Å². The largest absolute Gasteiger partial charge is 0.470 e. The fraction of sp³-hybridized carbons (Fsp3) is 1.00. The number of rotatable bonds is 7. The maximum absolute atomic E-state index is 11.0. The van der Waals surface area contributed by atoms with Gasteiger partial charge >= 0.3 is 23.5 Å². The maximum Gasteiger partial charge on any atom is 0.470 e. The Balaban J connectivity index is 3.32. The minimum absolute atomic E-state index is 1.14. The van der Waals surface area contributed by atoms with Crippen LogP contribution in [-0.2, 0) is 27.3 Å². The molecule has 0 amide bonds. The molecule has 1 rings (SSSR count). The average Bonchev–Trinajstić information content (AvgIpc) is 2.36. The highest BCUT2D eigenvalue weighted by atomic mass is 31.2. The Hall–Kier alpha value is 0.210. The number of hydrogen-bond donors (Lipinski definition) is 9. The van der Waals surface area contributed by atoms with E-state index in [4.69, 9.17) is 29.4 Å². The summed E-state index contributed by atoms with van der Waals surface area (Å²) < 4.78 is 45.5. The number of hydrogen-bond acceptors (Lipinski definition) is 9. The molecule has 1 fully saturated rings. The highest BCUT2D eigenvalue weighted by molar-refractivity contribution is 7.46. The zero-order chi connectivity index (χ0) is 19.8. The standard InChI is InChI=1S/C7H17O15P3/c8-1-2-3(9)6(21-24(14,15)16)4(10)7(22-25(17,18)19)5(2)20-23(11,12)13/h2-10H,1H2,(H2,11,12,13)(H2,14,15,16)(H2,17,18,19)/t2-,3-,4-,5+,6+,7+/m1/s1. The van der Waals surface area contributed by atoms with E-state index in [2.05, 4.69) is 13.6 Å². The minimum Gasteiger partial charge on any atom is -0.396 e. The van der Waals surface area contributed by atoms with Crippen LogP contribution in [0.15, 0.2) is 0 Å². The van der Waals surface area contributed by atoms with Gasteiger partial charge < -0.3 is 44.7 Å². The monoisotopic (exact) mass is 434 g/mol. The van der Waals surface area contributed by atoms with E-state index < -0.39 is 66.5 Å². The topological polar surface area (TPSA) is 261 Å². The molecule has 0 saturated heterocycles. The molecule has 0 heterocycles. The number of phosphoric acid groups is 3. The lowest BCUT2D eigenvalue weighted by Gasteiger charge is -2.45. The van der Waals surface area contributed by atoms with Crippen molar-refractivity contribution in [2.45, 2.75) is 30.5 Å². The normalized spacial score (nSPS) is 34.9. The maximum atomic E-state index is 11.0. The Morgan fingerprint density at radius 2 is 1.00 bits per heavy atom. The van der Waals surface area contributed by atoms with E-state index in [-0.39, 0.29) is 0 Å². The molecular formula is C7H17O15P3. The molecule has 1 saturated carbocycles. The lowest BCUT2D eigenvalue weighted by molar-refractivity contribution is -0.198. The van der Waals surface area contributed by atoms with Gasteiger partial charge in [0.15, 0.2) is 0 Å². The average molecular weight is 434 g/mol. The number of aliphatic hydroxyl groups excluding tert-OH is 3. The van der Waals surface area contributed by atoms with E-state index in [1.807, 2.05) is 0 Å². The van der Waals surface area contributed by atoms with Gasteiger partial charge in [-0.15, -0.1) is 0 Å². The first-order chi connectivity index (χ1) is 11.1. The quantitative estimate of drug-likeness (QED) is 0.178. The summed E-state index contributed by atoms with van der Waals surface area (Å²) >= 11 is 0. The zero-order valence-corrected chi connectivity index (χ0v) is 14.7. The molecule has 6 atom stereocenters. The second kappa shape index (κ2) is 8.07. The molecule has 18 heteroatoms. The van der Waals surface area contributed by atoms with Crippen LogP contribution >= 0.6 is 23.5 Å². The fourth-order valence-corrected chi connectivity index (χ4v) is 4.06. The molecule has 15 nitrogen and oxygen atoms in total. The second-order valence-corrected chi connectivity index (χ2v) is 8.59. The lowest BCUT2D eigenvalue weighted by Crippen LogP contribution is -2.63. The molecule has 0 aromatic heterocycles. The molecule has 0 spiro atoms. The Labute approximate surface area is 139 Å². The van der Waals surface area contributed by atoms with Gasteiger partial charge in [-0.1, -0.05) is 0 Å². The Morgan fingerprint density at radius 3 is 1.36 bits per heavy atom. The van der Waals surface area contributed by atoms with Gasteiger partial charge in [-0.2, -0.15) is 0 Å². The molecule has 25 heavy (non-hydrogen) atoms. The van der Waals surface area contributed by atoms with Gasteiger partial charge in [-0.25, -0.2) is 13.7 Å². The zero-order valence-electron chi connectivity index (χ0n) is 12.0. The lowest BCUT2D eigenvalue weighted by atomic mass is 9.79. The molecule has 1 aliphatic rings. The third kappa shape index (κ3) is 7.03. The molecule has 0 aliphatic heterocycles. The molecule has 0 aromatic rings. The van der Waals surface area contributed by atoms with Crippen molar-refractivity contribution in [3.8, 4) is 0 Å². The molecule has 150 valence electrons. The van der Waals surface area contributed by atoms with Crippen LogP contribution in [0.2, 0.25) is 0 Å². The molecule has 0 radical (unpaired) electrons. The van der Waals surface area contributed by atoms with Crippen molar-refractivity contribution in [1.29, 1.82) is 0 Å². The van der Waals surface area contributed by atoms with Crippen molar-refractivity contribution in [2.75, 3.05) is 6.61 Å². The van der Waals surface area contributed by atoms with Crippen LogP contribution < -0.4 is 0 Å². The summed E-state index contributed by atoms with van der Waals surface area (Å²) in [5, 5.41) is 29.2. The van der Waals surface area contributed by atoms with Gasteiger partial charge in [-0.3, -0.25) is 13.6 Å². The van der Waals surface area contributed by atoms with Crippen molar-refractivity contribution in [1.82, 2.24) is 0 Å². The molecule has 9 N–H and O–H groups in total. The van der Waals surface area contributed by atoms with E-state index in [1.165, 1.54) is 0 Å². The molecule has 1 aliphatic carbocycles. The van der Waals surface area contributed by atoms with Crippen molar-refractivity contribution in [3.05, 3.63) is 0 Å². The molecule has 0 aromatic carbocycles. The van der Waals surface area contributed by atoms with Crippen LogP contribution in [0, 0.1) is 5.92 Å². The summed E-state index contributed by atoms with van der Waals surface area (Å²) in [6.45, 7) is -1.14. The van der Waals surface area contributed by atoms with Crippen molar-refractivity contribution in [2.24, 2.45) is 5.92 Å².